The van der Waals surface area contributed by atoms with E-state index < -0.39 is 0 Å². The second kappa shape index (κ2) is 11.3. The number of nitrogens with zero attached hydrogens (tertiary/aromatic N) is 3. The van der Waals surface area contributed by atoms with E-state index in [9.17, 15) is 0 Å². The van der Waals surface area contributed by atoms with Gasteiger partial charge in [0.25, 0.3) is 0 Å². The lowest BCUT2D eigenvalue weighted by atomic mass is 9.98. The first-order valence-electron chi connectivity index (χ1n) is 8.74. The van der Waals surface area contributed by atoms with Gasteiger partial charge in [-0.1, -0.05) is 20.8 Å². The highest BCUT2D eigenvalue weighted by molar-refractivity contribution is 14.0. The molecule has 1 fully saturated rings. The first-order valence-corrected chi connectivity index (χ1v) is 9.62. The van der Waals surface area contributed by atoms with Crippen LogP contribution in [0.3, 0.4) is 0 Å². The maximum Gasteiger partial charge on any atom is 0.188 e. The summed E-state index contributed by atoms with van der Waals surface area (Å²) in [6.45, 7) is 12.9. The molecule has 0 atom stereocenters. The van der Waals surface area contributed by atoms with Gasteiger partial charge in [-0.2, -0.15) is 0 Å². The summed E-state index contributed by atoms with van der Waals surface area (Å²) in [5.74, 6) is 0.531. The molecule has 2 rings (SSSR count). The predicted octanol–water partition coefficient (Wildman–Crippen LogP) is 2.23. The molecule has 144 valence electrons. The van der Waals surface area contributed by atoms with Crippen LogP contribution in [-0.4, -0.2) is 61.8 Å². The highest BCUT2D eigenvalue weighted by Crippen LogP contribution is 2.25. The van der Waals surface area contributed by atoms with Crippen molar-refractivity contribution >= 4 is 41.3 Å². The molecule has 25 heavy (non-hydrogen) atoms. The smallest absolute Gasteiger partial charge is 0.188 e. The minimum atomic E-state index is 0. The first kappa shape index (κ1) is 22.6. The van der Waals surface area contributed by atoms with Crippen LogP contribution in [0, 0.1) is 0 Å². The van der Waals surface area contributed by atoms with Crippen molar-refractivity contribution < 1.29 is 4.74 Å². The molecule has 2 heterocycles. The molecule has 0 saturated carbocycles. The van der Waals surface area contributed by atoms with Crippen LogP contribution < -0.4 is 11.1 Å². The fourth-order valence-corrected chi connectivity index (χ4v) is 3.40. The van der Waals surface area contributed by atoms with Gasteiger partial charge in [-0.25, -0.2) is 4.98 Å². The highest BCUT2D eigenvalue weighted by Gasteiger charge is 2.17. The average molecular weight is 481 g/mol. The number of thiazole rings is 1. The molecule has 1 aromatic rings. The number of hydrogen-bond acceptors (Lipinski definition) is 5. The Morgan fingerprint density at radius 2 is 2.12 bits per heavy atom. The van der Waals surface area contributed by atoms with Crippen LogP contribution in [-0.2, 0) is 16.6 Å². The molecule has 0 unspecified atom stereocenters. The Kier molecular flexibility index (Phi) is 10.2. The minimum absolute atomic E-state index is 0. The third kappa shape index (κ3) is 8.65. The van der Waals surface area contributed by atoms with Crippen LogP contribution >= 0.6 is 35.3 Å². The van der Waals surface area contributed by atoms with Gasteiger partial charge in [0, 0.05) is 49.9 Å². The molecule has 0 aliphatic carbocycles. The molecule has 0 amide bonds. The minimum Gasteiger partial charge on any atom is -0.379 e. The number of aliphatic imine (C=N–C) groups is 1. The van der Waals surface area contributed by atoms with Crippen LogP contribution in [0.5, 0.6) is 0 Å². The van der Waals surface area contributed by atoms with Crippen molar-refractivity contribution in [1.82, 2.24) is 15.2 Å². The van der Waals surface area contributed by atoms with Crippen molar-refractivity contribution in [3.8, 4) is 0 Å². The fourth-order valence-electron chi connectivity index (χ4n) is 2.46. The van der Waals surface area contributed by atoms with E-state index in [-0.39, 0.29) is 29.4 Å². The average Bonchev–Trinajstić information content (AvgIpc) is 3.02. The SMILES string of the molecule is CC(C)(C)c1nc(CCNC(N)=NCCCN2CCOCC2)cs1.I. The number of guanidine groups is 1. The number of rotatable bonds is 7. The maximum atomic E-state index is 5.92. The summed E-state index contributed by atoms with van der Waals surface area (Å²) in [5.41, 5.74) is 7.16. The standard InChI is InChI=1S/C17H31N5OS.HI/c1-17(2,3)15-21-14(13-24-15)5-7-20-16(18)19-6-4-8-22-9-11-23-12-10-22;/h13H,4-12H2,1-3H3,(H3,18,19,20);1H. The second-order valence-corrected chi connectivity index (χ2v) is 8.00. The van der Waals surface area contributed by atoms with E-state index in [2.05, 4.69) is 46.3 Å². The van der Waals surface area contributed by atoms with Gasteiger partial charge in [-0.05, 0) is 6.42 Å². The van der Waals surface area contributed by atoms with Crippen molar-refractivity contribution in [2.45, 2.75) is 39.0 Å². The number of ether oxygens (including phenoxy) is 1. The Hall–Kier alpha value is -0.450. The Morgan fingerprint density at radius 3 is 2.76 bits per heavy atom. The highest BCUT2D eigenvalue weighted by atomic mass is 127. The predicted molar refractivity (Wildman–Crippen MR) is 116 cm³/mol. The van der Waals surface area contributed by atoms with Crippen molar-refractivity contribution in [2.24, 2.45) is 10.7 Å². The molecule has 0 aromatic carbocycles. The normalized spacial score (nSPS) is 16.5. The molecule has 1 aliphatic heterocycles. The number of nitrogens with one attached hydrogen (secondary N) is 1. The number of nitrogens with two attached hydrogens (primary N) is 1. The summed E-state index contributed by atoms with van der Waals surface area (Å²) >= 11 is 1.73. The monoisotopic (exact) mass is 481 g/mol. The van der Waals surface area contributed by atoms with E-state index in [1.165, 1.54) is 5.01 Å². The van der Waals surface area contributed by atoms with Crippen molar-refractivity contribution in [3.63, 3.8) is 0 Å². The zero-order chi connectivity index (χ0) is 17.4. The Bertz CT molecular complexity index is 523. The molecule has 0 spiro atoms. The summed E-state index contributed by atoms with van der Waals surface area (Å²) in [5, 5.41) is 6.50. The molecule has 8 heteroatoms. The zero-order valence-electron chi connectivity index (χ0n) is 15.6. The fraction of sp³-hybridized carbons (Fsp3) is 0.765. The van der Waals surface area contributed by atoms with Gasteiger partial charge < -0.3 is 15.8 Å². The largest absolute Gasteiger partial charge is 0.379 e. The lowest BCUT2D eigenvalue weighted by Gasteiger charge is -2.26. The van der Waals surface area contributed by atoms with Gasteiger partial charge in [0.15, 0.2) is 5.96 Å². The van der Waals surface area contributed by atoms with Gasteiger partial charge in [0.05, 0.1) is 23.9 Å². The van der Waals surface area contributed by atoms with E-state index in [4.69, 9.17) is 10.5 Å². The van der Waals surface area contributed by atoms with Crippen LogP contribution in [0.15, 0.2) is 10.4 Å². The molecule has 1 aliphatic rings. The third-order valence-electron chi connectivity index (χ3n) is 3.90. The molecule has 1 saturated heterocycles. The summed E-state index contributed by atoms with van der Waals surface area (Å²) in [6.07, 6.45) is 1.90. The van der Waals surface area contributed by atoms with Gasteiger partial charge >= 0.3 is 0 Å². The number of hydrogen-bond donors (Lipinski definition) is 2. The van der Waals surface area contributed by atoms with Crippen LogP contribution in [0.25, 0.3) is 0 Å². The summed E-state index contributed by atoms with van der Waals surface area (Å²) in [4.78, 5) is 11.5. The second-order valence-electron chi connectivity index (χ2n) is 7.15. The van der Waals surface area contributed by atoms with Crippen molar-refractivity contribution in [1.29, 1.82) is 0 Å². The van der Waals surface area contributed by atoms with E-state index in [0.717, 1.165) is 64.5 Å². The van der Waals surface area contributed by atoms with Gasteiger partial charge in [0.2, 0.25) is 0 Å². The zero-order valence-corrected chi connectivity index (χ0v) is 18.7. The lowest BCUT2D eigenvalue weighted by Crippen LogP contribution is -2.37. The summed E-state index contributed by atoms with van der Waals surface area (Å²) in [6, 6.07) is 0. The van der Waals surface area contributed by atoms with Crippen LogP contribution in [0.1, 0.15) is 37.9 Å². The molecule has 1 aromatic heterocycles. The van der Waals surface area contributed by atoms with Crippen molar-refractivity contribution in [2.75, 3.05) is 45.9 Å². The molecular formula is C17H32IN5OS. The Morgan fingerprint density at radius 1 is 1.40 bits per heavy atom. The van der Waals surface area contributed by atoms with Crippen molar-refractivity contribution in [3.05, 3.63) is 16.1 Å². The lowest BCUT2D eigenvalue weighted by molar-refractivity contribution is 0.0377. The Labute approximate surface area is 172 Å². The van der Waals surface area contributed by atoms with E-state index in [1.54, 1.807) is 11.3 Å². The van der Waals surface area contributed by atoms with Crippen LogP contribution in [0.2, 0.25) is 0 Å². The van der Waals surface area contributed by atoms with Gasteiger partial charge in [-0.3, -0.25) is 9.89 Å². The molecule has 0 radical (unpaired) electrons. The molecule has 3 N–H and O–H groups in total. The number of aromatic nitrogens is 1. The molecule has 6 nitrogen and oxygen atoms in total. The first-order chi connectivity index (χ1) is 11.4. The third-order valence-corrected chi connectivity index (χ3v) is 5.22. The van der Waals surface area contributed by atoms with Gasteiger partial charge in [-0.15, -0.1) is 35.3 Å². The number of morpholine rings is 1. The summed E-state index contributed by atoms with van der Waals surface area (Å²) < 4.78 is 5.34. The van der Waals surface area contributed by atoms with E-state index in [0.29, 0.717) is 5.96 Å². The maximum absolute atomic E-state index is 5.92. The van der Waals surface area contributed by atoms with E-state index in [1.807, 2.05) is 0 Å². The van der Waals surface area contributed by atoms with Crippen LogP contribution in [0.4, 0.5) is 0 Å². The molecular weight excluding hydrogens is 449 g/mol. The quantitative estimate of drug-likeness (QED) is 0.271. The van der Waals surface area contributed by atoms with E-state index >= 15 is 0 Å². The number of halogens is 1. The summed E-state index contributed by atoms with van der Waals surface area (Å²) in [7, 11) is 0. The Balaban J connectivity index is 0.00000312. The molecule has 0 bridgehead atoms. The van der Waals surface area contributed by atoms with Gasteiger partial charge in [0.1, 0.15) is 0 Å². The topological polar surface area (TPSA) is 75.8 Å².